The summed E-state index contributed by atoms with van der Waals surface area (Å²) in [6.45, 7) is 1.25. The van der Waals surface area contributed by atoms with Crippen molar-refractivity contribution < 1.29 is 9.59 Å². The van der Waals surface area contributed by atoms with Gasteiger partial charge in [0.15, 0.2) is 0 Å². The van der Waals surface area contributed by atoms with E-state index in [2.05, 4.69) is 10.3 Å². The lowest BCUT2D eigenvalue weighted by Crippen LogP contribution is -2.29. The van der Waals surface area contributed by atoms with Crippen molar-refractivity contribution in [2.45, 2.75) is 0 Å². The average Bonchev–Trinajstić information content (AvgIpc) is 3.00. The van der Waals surface area contributed by atoms with Crippen LogP contribution in [-0.4, -0.2) is 42.0 Å². The fraction of sp³-hybridized carbons (Fsp3) is 0.150. The number of para-hydroxylation sites is 1. The molecule has 0 atom stereocenters. The second-order valence-corrected chi connectivity index (χ2v) is 7.25. The minimum Gasteiger partial charge on any atom is -0.326 e. The third-order valence-corrected chi connectivity index (χ3v) is 5.32. The minimum atomic E-state index is -0.424. The van der Waals surface area contributed by atoms with Crippen molar-refractivity contribution in [3.63, 3.8) is 0 Å². The van der Waals surface area contributed by atoms with Crippen LogP contribution in [0.2, 0.25) is 10.0 Å². The van der Waals surface area contributed by atoms with E-state index in [0.29, 0.717) is 24.3 Å². The number of hydrogen-bond acceptors (Lipinski definition) is 3. The lowest BCUT2D eigenvalue weighted by atomic mass is 10.1. The summed E-state index contributed by atoms with van der Waals surface area (Å²) in [6, 6.07) is 12.1. The molecule has 6 nitrogen and oxygen atoms in total. The summed E-state index contributed by atoms with van der Waals surface area (Å²) in [5.74, 6) is -0.424. The van der Waals surface area contributed by atoms with Gasteiger partial charge in [-0.15, -0.1) is 0 Å². The smallest absolute Gasteiger partial charge is 0.324 e. The van der Waals surface area contributed by atoms with Crippen LogP contribution in [0.25, 0.3) is 10.9 Å². The predicted octanol–water partition coefficient (Wildman–Crippen LogP) is 4.67. The third kappa shape index (κ3) is 3.15. The molecule has 8 heteroatoms. The molecule has 0 radical (unpaired) electrons. The molecule has 1 saturated heterocycles. The van der Waals surface area contributed by atoms with Gasteiger partial charge in [-0.1, -0.05) is 41.4 Å². The van der Waals surface area contributed by atoms with Crippen molar-refractivity contribution >= 4 is 57.4 Å². The highest BCUT2D eigenvalue weighted by Crippen LogP contribution is 2.32. The largest absolute Gasteiger partial charge is 0.326 e. The third-order valence-electron chi connectivity index (χ3n) is 4.69. The highest BCUT2D eigenvalue weighted by Gasteiger charge is 2.28. The van der Waals surface area contributed by atoms with E-state index < -0.39 is 5.91 Å². The molecule has 1 N–H and O–H groups in total. The maximum Gasteiger partial charge on any atom is 0.324 e. The summed E-state index contributed by atoms with van der Waals surface area (Å²) < 4.78 is 0. The molecule has 0 spiro atoms. The summed E-state index contributed by atoms with van der Waals surface area (Å²) in [7, 11) is 1.77. The van der Waals surface area contributed by atoms with Crippen LogP contribution in [0.15, 0.2) is 48.7 Å². The first kappa shape index (κ1) is 18.5. The van der Waals surface area contributed by atoms with Gasteiger partial charge in [-0.25, -0.2) is 4.79 Å². The number of pyridine rings is 1. The SMILES string of the molecule is CN1CCN(c2ccnc3c(NC(=O)c4c(Cl)cccc4Cl)cccc23)C1=O. The van der Waals surface area contributed by atoms with Gasteiger partial charge < -0.3 is 10.2 Å². The van der Waals surface area contributed by atoms with Gasteiger partial charge in [-0.05, 0) is 24.3 Å². The quantitative estimate of drug-likeness (QED) is 0.677. The van der Waals surface area contributed by atoms with Crippen molar-refractivity contribution in [3.05, 3.63) is 64.3 Å². The molecule has 1 aliphatic heterocycles. The molecule has 1 aromatic heterocycles. The van der Waals surface area contributed by atoms with Gasteiger partial charge in [0.1, 0.15) is 0 Å². The van der Waals surface area contributed by atoms with Crippen LogP contribution in [0.1, 0.15) is 10.4 Å². The van der Waals surface area contributed by atoms with Gasteiger partial charge in [-0.3, -0.25) is 14.7 Å². The summed E-state index contributed by atoms with van der Waals surface area (Å²) in [4.78, 5) is 33.0. The highest BCUT2D eigenvalue weighted by molar-refractivity contribution is 6.40. The van der Waals surface area contributed by atoms with E-state index in [-0.39, 0.29) is 21.6 Å². The van der Waals surface area contributed by atoms with Gasteiger partial charge >= 0.3 is 6.03 Å². The number of hydrogen-bond donors (Lipinski definition) is 1. The Balaban J connectivity index is 1.74. The monoisotopic (exact) mass is 414 g/mol. The first-order valence-electron chi connectivity index (χ1n) is 8.63. The van der Waals surface area contributed by atoms with E-state index in [1.165, 1.54) is 0 Å². The molecule has 0 saturated carbocycles. The first-order chi connectivity index (χ1) is 13.5. The Morgan fingerprint density at radius 2 is 1.79 bits per heavy atom. The number of amides is 3. The predicted molar refractivity (Wildman–Crippen MR) is 112 cm³/mol. The molecule has 2 aromatic carbocycles. The van der Waals surface area contributed by atoms with E-state index in [1.807, 2.05) is 12.1 Å². The molecule has 3 aromatic rings. The van der Waals surface area contributed by atoms with E-state index in [4.69, 9.17) is 23.2 Å². The number of anilines is 2. The second-order valence-electron chi connectivity index (χ2n) is 6.44. The molecule has 142 valence electrons. The summed E-state index contributed by atoms with van der Waals surface area (Å²) in [5, 5.41) is 4.15. The maximum absolute atomic E-state index is 12.8. The van der Waals surface area contributed by atoms with Crippen molar-refractivity contribution in [1.29, 1.82) is 0 Å². The van der Waals surface area contributed by atoms with Crippen LogP contribution in [0.5, 0.6) is 0 Å². The fourth-order valence-corrected chi connectivity index (χ4v) is 3.84. The topological polar surface area (TPSA) is 65.5 Å². The van der Waals surface area contributed by atoms with Crippen LogP contribution >= 0.6 is 23.2 Å². The minimum absolute atomic E-state index is 0.0650. The van der Waals surface area contributed by atoms with E-state index >= 15 is 0 Å². The van der Waals surface area contributed by atoms with Gasteiger partial charge in [0, 0.05) is 31.7 Å². The van der Waals surface area contributed by atoms with Gasteiger partial charge in [0.05, 0.1) is 32.5 Å². The number of halogens is 2. The van der Waals surface area contributed by atoms with Crippen molar-refractivity contribution in [3.8, 4) is 0 Å². The first-order valence-corrected chi connectivity index (χ1v) is 9.38. The molecule has 1 fully saturated rings. The number of fused-ring (bicyclic) bond motifs is 1. The number of urea groups is 1. The number of rotatable bonds is 3. The number of benzene rings is 2. The van der Waals surface area contributed by atoms with Gasteiger partial charge in [-0.2, -0.15) is 0 Å². The number of likely N-dealkylation sites (N-methyl/N-ethyl adjacent to an activating group) is 1. The summed E-state index contributed by atoms with van der Waals surface area (Å²) in [5.41, 5.74) is 2.06. The van der Waals surface area contributed by atoms with Crippen LogP contribution in [-0.2, 0) is 0 Å². The van der Waals surface area contributed by atoms with Crippen LogP contribution in [0.4, 0.5) is 16.2 Å². The Labute approximate surface area is 171 Å². The standard InChI is InChI=1S/C20H16Cl2N4O2/c1-25-10-11-26(20(25)28)16-8-9-23-18-12(16)4-2-7-15(18)24-19(27)17-13(21)5-3-6-14(17)22/h2-9H,10-11H2,1H3,(H,24,27). The van der Waals surface area contributed by atoms with Crippen LogP contribution in [0, 0.1) is 0 Å². The molecule has 28 heavy (non-hydrogen) atoms. The lowest BCUT2D eigenvalue weighted by molar-refractivity contribution is 0.102. The average molecular weight is 415 g/mol. The zero-order valence-corrected chi connectivity index (χ0v) is 16.5. The number of nitrogens with one attached hydrogen (secondary N) is 1. The number of carbonyl (C=O) groups is 2. The fourth-order valence-electron chi connectivity index (χ4n) is 3.27. The van der Waals surface area contributed by atoms with Crippen LogP contribution in [0.3, 0.4) is 0 Å². The second kappa shape index (κ2) is 7.30. The molecule has 1 aliphatic rings. The van der Waals surface area contributed by atoms with Gasteiger partial charge in [0.2, 0.25) is 0 Å². The molecule has 4 rings (SSSR count). The highest BCUT2D eigenvalue weighted by atomic mass is 35.5. The van der Waals surface area contributed by atoms with E-state index in [9.17, 15) is 9.59 Å². The number of aromatic nitrogens is 1. The maximum atomic E-state index is 12.8. The van der Waals surface area contributed by atoms with E-state index in [1.54, 1.807) is 53.4 Å². The normalized spacial score (nSPS) is 14.0. The Morgan fingerprint density at radius 3 is 2.46 bits per heavy atom. The Kier molecular flexibility index (Phi) is 4.83. The Bertz CT molecular complexity index is 1080. The Hall–Kier alpha value is -2.83. The summed E-state index contributed by atoms with van der Waals surface area (Å²) >= 11 is 12.3. The molecule has 0 unspecified atom stereocenters. The van der Waals surface area contributed by atoms with Crippen LogP contribution < -0.4 is 10.2 Å². The van der Waals surface area contributed by atoms with Crippen molar-refractivity contribution in [2.75, 3.05) is 30.4 Å². The molecular formula is C20H16Cl2N4O2. The number of carbonyl (C=O) groups excluding carboxylic acids is 2. The van der Waals surface area contributed by atoms with E-state index in [0.717, 1.165) is 11.1 Å². The van der Waals surface area contributed by atoms with Crippen molar-refractivity contribution in [1.82, 2.24) is 9.88 Å². The molecule has 3 amide bonds. The zero-order chi connectivity index (χ0) is 19.8. The van der Waals surface area contributed by atoms with Gasteiger partial charge in [0.25, 0.3) is 5.91 Å². The molecular weight excluding hydrogens is 399 g/mol. The zero-order valence-electron chi connectivity index (χ0n) is 14.9. The molecule has 0 bridgehead atoms. The Morgan fingerprint density at radius 1 is 1.07 bits per heavy atom. The van der Waals surface area contributed by atoms with Crippen molar-refractivity contribution in [2.24, 2.45) is 0 Å². The number of nitrogens with zero attached hydrogens (tertiary/aromatic N) is 3. The molecule has 2 heterocycles. The lowest BCUT2D eigenvalue weighted by Gasteiger charge is -2.19. The molecule has 0 aliphatic carbocycles. The summed E-state index contributed by atoms with van der Waals surface area (Å²) in [6.07, 6.45) is 1.63.